The molecule has 0 saturated carbocycles. The highest BCUT2D eigenvalue weighted by Gasteiger charge is 2.28. The van der Waals surface area contributed by atoms with Gasteiger partial charge in [-0.2, -0.15) is 4.98 Å². The molecule has 0 saturated heterocycles. The third-order valence-electron chi connectivity index (χ3n) is 5.07. The molecule has 154 valence electrons. The fourth-order valence-electron chi connectivity index (χ4n) is 3.37. The Morgan fingerprint density at radius 2 is 1.83 bits per heavy atom. The van der Waals surface area contributed by atoms with E-state index < -0.39 is 9.71 Å². The Kier molecular flexibility index (Phi) is 4.71. The normalized spacial score (nSPS) is 15.1. The van der Waals surface area contributed by atoms with Gasteiger partial charge in [-0.1, -0.05) is 12.1 Å². The molecule has 0 aliphatic carbocycles. The van der Waals surface area contributed by atoms with Gasteiger partial charge in [-0.05, 0) is 48.7 Å². The number of benzene rings is 2. The summed E-state index contributed by atoms with van der Waals surface area (Å²) in [7, 11) is 0.795. The highest BCUT2D eigenvalue weighted by atomic mass is 32.2. The van der Waals surface area contributed by atoms with Gasteiger partial charge in [0.15, 0.2) is 5.82 Å². The minimum atomic E-state index is -2.78. The molecular weight excluding hydrogens is 400 g/mol. The number of hydrogen-bond donors (Lipinski definition) is 2. The zero-order valence-corrected chi connectivity index (χ0v) is 17.7. The fraction of sp³-hybridized carbons (Fsp3) is 0.143. The first-order valence-corrected chi connectivity index (χ1v) is 11.0. The molecule has 0 spiro atoms. The molecule has 1 atom stereocenters. The van der Waals surface area contributed by atoms with Crippen molar-refractivity contribution in [2.75, 3.05) is 29.2 Å². The number of aryl methyl sites for hydroxylation is 1. The predicted molar refractivity (Wildman–Crippen MR) is 121 cm³/mol. The maximum Gasteiger partial charge on any atom is 0.260 e. The molecule has 1 aliphatic rings. The fourth-order valence-corrected chi connectivity index (χ4v) is 4.05. The van der Waals surface area contributed by atoms with E-state index in [2.05, 4.69) is 21.2 Å². The summed E-state index contributed by atoms with van der Waals surface area (Å²) in [6.45, 7) is 1.87. The number of rotatable bonds is 3. The standard InChI is InChI=1S/C21H22N6O2S/c1-13-11-14(30(4,22)29)9-10-16(13)24-21-23-12-18-19(25-21)26(2)17-8-6-5-7-15(17)20(28)27(18)3/h5-12H,4H2,1-3H3,(H2,22,29)(H,23,24,25). The minimum Gasteiger partial charge on any atom is -0.327 e. The van der Waals surface area contributed by atoms with Crippen molar-refractivity contribution in [1.29, 1.82) is 0 Å². The lowest BCUT2D eigenvalue weighted by atomic mass is 10.1. The maximum absolute atomic E-state index is 12.9. The smallest absolute Gasteiger partial charge is 0.260 e. The van der Waals surface area contributed by atoms with Gasteiger partial charge in [-0.3, -0.25) is 9.93 Å². The van der Waals surface area contributed by atoms with Crippen molar-refractivity contribution in [2.45, 2.75) is 11.8 Å². The average Bonchev–Trinajstić information content (AvgIpc) is 2.79. The number of para-hydroxylation sites is 1. The van der Waals surface area contributed by atoms with Crippen LogP contribution in [0.15, 0.2) is 53.6 Å². The number of amides is 1. The SMILES string of the molecule is C=S(N)(=O)c1ccc(Nc2ncc3c(n2)N(C)c2ccccc2C(=O)N3C)c(C)c1. The molecule has 8 nitrogen and oxygen atoms in total. The van der Waals surface area contributed by atoms with Crippen molar-refractivity contribution < 1.29 is 9.00 Å². The monoisotopic (exact) mass is 422 g/mol. The molecular formula is C21H22N6O2S. The van der Waals surface area contributed by atoms with E-state index in [-0.39, 0.29) is 5.91 Å². The lowest BCUT2D eigenvalue weighted by molar-refractivity contribution is 0.0994. The van der Waals surface area contributed by atoms with E-state index in [0.717, 1.165) is 16.9 Å². The third-order valence-corrected chi connectivity index (χ3v) is 6.12. The van der Waals surface area contributed by atoms with Crippen LogP contribution in [0, 0.1) is 6.92 Å². The second-order valence-corrected chi connectivity index (χ2v) is 9.09. The molecule has 3 aromatic rings. The number of nitrogens with one attached hydrogen (secondary N) is 1. The summed E-state index contributed by atoms with van der Waals surface area (Å²) in [6, 6.07) is 12.6. The van der Waals surface area contributed by atoms with Crippen LogP contribution in [-0.4, -0.2) is 40.0 Å². The van der Waals surface area contributed by atoms with Crippen LogP contribution in [0.5, 0.6) is 0 Å². The maximum atomic E-state index is 12.9. The van der Waals surface area contributed by atoms with E-state index in [9.17, 15) is 9.00 Å². The number of anilines is 5. The summed E-state index contributed by atoms with van der Waals surface area (Å²) in [6.07, 6.45) is 1.62. The Labute approximate surface area is 175 Å². The quantitative estimate of drug-likeness (QED) is 0.629. The highest BCUT2D eigenvalue weighted by molar-refractivity contribution is 7.98. The van der Waals surface area contributed by atoms with Gasteiger partial charge >= 0.3 is 0 Å². The summed E-state index contributed by atoms with van der Waals surface area (Å²) >= 11 is 0. The van der Waals surface area contributed by atoms with Gasteiger partial charge in [0.1, 0.15) is 5.69 Å². The Morgan fingerprint density at radius 1 is 1.10 bits per heavy atom. The summed E-state index contributed by atoms with van der Waals surface area (Å²) < 4.78 is 12.0. The second-order valence-electron chi connectivity index (χ2n) is 7.17. The zero-order valence-electron chi connectivity index (χ0n) is 16.9. The molecule has 9 heteroatoms. The van der Waals surface area contributed by atoms with E-state index >= 15 is 0 Å². The first kappa shape index (κ1) is 19.9. The molecule has 0 fully saturated rings. The summed E-state index contributed by atoms with van der Waals surface area (Å²) in [5, 5.41) is 8.82. The van der Waals surface area contributed by atoms with Gasteiger partial charge in [-0.15, -0.1) is 0 Å². The minimum absolute atomic E-state index is 0.120. The molecule has 2 aromatic carbocycles. The molecule has 2 heterocycles. The van der Waals surface area contributed by atoms with E-state index in [0.29, 0.717) is 27.9 Å². The average molecular weight is 423 g/mol. The van der Waals surface area contributed by atoms with Crippen molar-refractivity contribution in [3.05, 3.63) is 59.8 Å². The van der Waals surface area contributed by atoms with Crippen LogP contribution < -0.4 is 20.3 Å². The highest BCUT2D eigenvalue weighted by Crippen LogP contribution is 2.38. The van der Waals surface area contributed by atoms with Crippen LogP contribution in [0.1, 0.15) is 15.9 Å². The molecule has 0 bridgehead atoms. The Hall–Kier alpha value is -3.43. The van der Waals surface area contributed by atoms with Crippen molar-refractivity contribution in [3.8, 4) is 0 Å². The number of carbonyl (C=O) groups is 1. The van der Waals surface area contributed by atoms with Crippen LogP contribution in [-0.2, 0) is 9.71 Å². The van der Waals surface area contributed by atoms with E-state index in [1.807, 2.05) is 37.1 Å². The first-order chi connectivity index (χ1) is 14.2. The Morgan fingerprint density at radius 3 is 2.53 bits per heavy atom. The zero-order chi connectivity index (χ0) is 21.6. The van der Waals surface area contributed by atoms with Gasteiger partial charge < -0.3 is 15.1 Å². The van der Waals surface area contributed by atoms with Crippen LogP contribution in [0.3, 0.4) is 0 Å². The number of nitrogens with two attached hydrogens (primary N) is 1. The molecule has 3 N–H and O–H groups in total. The molecule has 1 aromatic heterocycles. The number of hydrogen-bond acceptors (Lipinski definition) is 6. The van der Waals surface area contributed by atoms with Crippen molar-refractivity contribution in [1.82, 2.24) is 9.97 Å². The molecule has 1 aliphatic heterocycles. The Bertz CT molecular complexity index is 1270. The van der Waals surface area contributed by atoms with Gasteiger partial charge in [0.25, 0.3) is 5.91 Å². The van der Waals surface area contributed by atoms with Crippen LogP contribution in [0.4, 0.5) is 28.8 Å². The number of carbonyl (C=O) groups excluding carboxylic acids is 1. The van der Waals surface area contributed by atoms with Crippen molar-refractivity contribution in [2.24, 2.45) is 5.14 Å². The van der Waals surface area contributed by atoms with E-state index in [4.69, 9.17) is 5.14 Å². The lowest BCUT2D eigenvalue weighted by Gasteiger charge is -2.21. The van der Waals surface area contributed by atoms with Crippen LogP contribution in [0.25, 0.3) is 0 Å². The molecule has 4 rings (SSSR count). The third kappa shape index (κ3) is 3.38. The predicted octanol–water partition coefficient (Wildman–Crippen LogP) is 2.84. The van der Waals surface area contributed by atoms with Gasteiger partial charge in [-0.25, -0.2) is 9.19 Å². The largest absolute Gasteiger partial charge is 0.327 e. The molecule has 0 radical (unpaired) electrons. The Balaban J connectivity index is 1.74. The van der Waals surface area contributed by atoms with Crippen molar-refractivity contribution in [3.63, 3.8) is 0 Å². The first-order valence-electron chi connectivity index (χ1n) is 9.17. The van der Waals surface area contributed by atoms with Crippen LogP contribution >= 0.6 is 0 Å². The summed E-state index contributed by atoms with van der Waals surface area (Å²) in [5.74, 6) is 4.37. The summed E-state index contributed by atoms with van der Waals surface area (Å²) in [4.78, 5) is 25.8. The van der Waals surface area contributed by atoms with E-state index in [1.165, 1.54) is 0 Å². The molecule has 30 heavy (non-hydrogen) atoms. The number of nitrogens with zero attached hydrogens (tertiary/aromatic N) is 4. The van der Waals surface area contributed by atoms with E-state index in [1.54, 1.807) is 42.4 Å². The van der Waals surface area contributed by atoms with Gasteiger partial charge in [0.05, 0.1) is 27.2 Å². The van der Waals surface area contributed by atoms with Crippen LogP contribution in [0.2, 0.25) is 0 Å². The van der Waals surface area contributed by atoms with Gasteiger partial charge in [0.2, 0.25) is 5.95 Å². The number of aromatic nitrogens is 2. The second kappa shape index (κ2) is 7.12. The number of fused-ring (bicyclic) bond motifs is 2. The topological polar surface area (TPSA) is 104 Å². The molecule has 1 amide bonds. The summed E-state index contributed by atoms with van der Waals surface area (Å²) in [5.41, 5.74) is 3.56. The lowest BCUT2D eigenvalue weighted by Crippen LogP contribution is -2.25. The molecule has 1 unspecified atom stereocenters. The van der Waals surface area contributed by atoms with Gasteiger partial charge in [0, 0.05) is 24.7 Å². The van der Waals surface area contributed by atoms with Crippen molar-refractivity contribution >= 4 is 50.3 Å².